The summed E-state index contributed by atoms with van der Waals surface area (Å²) in [5.74, 6) is -0.369. The summed E-state index contributed by atoms with van der Waals surface area (Å²) in [6, 6.07) is 6.37. The maximum Gasteiger partial charge on any atom is 0.269 e. The van der Waals surface area contributed by atoms with E-state index in [0.29, 0.717) is 5.33 Å². The number of carbonyl (C=O) groups is 1. The predicted octanol–water partition coefficient (Wildman–Crippen LogP) is 2.89. The molecule has 1 heterocycles. The first kappa shape index (κ1) is 15.5. The molecule has 0 radical (unpaired) electrons. The van der Waals surface area contributed by atoms with Crippen molar-refractivity contribution in [3.8, 4) is 0 Å². The van der Waals surface area contributed by atoms with Gasteiger partial charge in [-0.15, -0.1) is 0 Å². The molecular formula is C14H18BrNO3S. The Balaban J connectivity index is 2.39. The van der Waals surface area contributed by atoms with Crippen LogP contribution in [0, 0.1) is 11.3 Å². The maximum absolute atomic E-state index is 12.5. The first-order valence-electron chi connectivity index (χ1n) is 6.41. The largest absolute Gasteiger partial charge is 0.269 e. The van der Waals surface area contributed by atoms with E-state index >= 15 is 0 Å². The summed E-state index contributed by atoms with van der Waals surface area (Å²) in [6.07, 6.45) is 0. The third-order valence-corrected chi connectivity index (χ3v) is 6.30. The van der Waals surface area contributed by atoms with Crippen molar-refractivity contribution in [3.05, 3.63) is 29.8 Å². The van der Waals surface area contributed by atoms with Crippen molar-refractivity contribution < 1.29 is 13.2 Å². The molecule has 1 amide bonds. The van der Waals surface area contributed by atoms with Crippen molar-refractivity contribution in [2.45, 2.75) is 25.7 Å². The monoisotopic (exact) mass is 359 g/mol. The van der Waals surface area contributed by atoms with Crippen molar-refractivity contribution in [1.82, 2.24) is 4.31 Å². The molecule has 1 aromatic rings. The zero-order chi connectivity index (χ0) is 15.1. The molecule has 1 unspecified atom stereocenters. The lowest BCUT2D eigenvalue weighted by Crippen LogP contribution is -2.39. The van der Waals surface area contributed by atoms with Gasteiger partial charge in [-0.25, -0.2) is 12.7 Å². The highest BCUT2D eigenvalue weighted by Gasteiger charge is 2.42. The lowest BCUT2D eigenvalue weighted by molar-refractivity contribution is 0.0837. The van der Waals surface area contributed by atoms with Crippen LogP contribution < -0.4 is 0 Å². The molecule has 0 spiro atoms. The molecule has 6 heteroatoms. The zero-order valence-corrected chi connectivity index (χ0v) is 14.2. The van der Waals surface area contributed by atoms with E-state index in [0.717, 1.165) is 4.31 Å². The number of hydrogen-bond acceptors (Lipinski definition) is 3. The van der Waals surface area contributed by atoms with E-state index in [4.69, 9.17) is 0 Å². The Bertz CT molecular complexity index is 634. The van der Waals surface area contributed by atoms with Gasteiger partial charge < -0.3 is 0 Å². The minimum absolute atomic E-state index is 0.0514. The first-order valence-corrected chi connectivity index (χ1v) is 8.98. The molecule has 0 saturated carbocycles. The zero-order valence-electron chi connectivity index (χ0n) is 11.8. The molecule has 2 rings (SSSR count). The number of halogens is 1. The van der Waals surface area contributed by atoms with Crippen LogP contribution >= 0.6 is 15.9 Å². The van der Waals surface area contributed by atoms with Gasteiger partial charge in [0.25, 0.3) is 15.9 Å². The van der Waals surface area contributed by atoms with Gasteiger partial charge >= 0.3 is 0 Å². The Morgan fingerprint density at radius 1 is 1.25 bits per heavy atom. The van der Waals surface area contributed by atoms with Crippen LogP contribution in [0.2, 0.25) is 0 Å². The molecule has 0 saturated heterocycles. The van der Waals surface area contributed by atoms with E-state index < -0.39 is 15.9 Å². The smallest absolute Gasteiger partial charge is 0.268 e. The van der Waals surface area contributed by atoms with Gasteiger partial charge in [0.2, 0.25) is 0 Å². The molecule has 0 fully saturated rings. The van der Waals surface area contributed by atoms with Crippen LogP contribution in [-0.2, 0) is 10.0 Å². The lowest BCUT2D eigenvalue weighted by atomic mass is 9.82. The van der Waals surface area contributed by atoms with Crippen LogP contribution in [0.1, 0.15) is 31.1 Å². The van der Waals surface area contributed by atoms with Crippen LogP contribution in [0.15, 0.2) is 29.2 Å². The summed E-state index contributed by atoms with van der Waals surface area (Å²) in [6.45, 7) is 6.32. The van der Waals surface area contributed by atoms with Gasteiger partial charge in [-0.3, -0.25) is 4.79 Å². The van der Waals surface area contributed by atoms with Crippen LogP contribution in [-0.4, -0.2) is 30.5 Å². The number of sulfonamides is 1. The van der Waals surface area contributed by atoms with Crippen LogP contribution in [0.3, 0.4) is 0 Å². The quantitative estimate of drug-likeness (QED) is 0.779. The second-order valence-electron chi connectivity index (χ2n) is 6.05. The average molecular weight is 360 g/mol. The predicted molar refractivity (Wildman–Crippen MR) is 81.4 cm³/mol. The van der Waals surface area contributed by atoms with Crippen LogP contribution in [0.5, 0.6) is 0 Å². The summed E-state index contributed by atoms with van der Waals surface area (Å²) in [7, 11) is -3.70. The third kappa shape index (κ3) is 2.51. The fourth-order valence-electron chi connectivity index (χ4n) is 2.17. The number of hydrogen-bond donors (Lipinski definition) is 0. The van der Waals surface area contributed by atoms with Crippen molar-refractivity contribution in [1.29, 1.82) is 0 Å². The summed E-state index contributed by atoms with van der Waals surface area (Å²) < 4.78 is 25.9. The number of carbonyl (C=O) groups excluding carboxylic acids is 1. The fraction of sp³-hybridized carbons (Fsp3) is 0.500. The maximum atomic E-state index is 12.5. The lowest BCUT2D eigenvalue weighted by Gasteiger charge is -2.32. The van der Waals surface area contributed by atoms with Crippen LogP contribution in [0.25, 0.3) is 0 Å². The van der Waals surface area contributed by atoms with E-state index in [1.54, 1.807) is 18.2 Å². The van der Waals surface area contributed by atoms with Gasteiger partial charge in [0.1, 0.15) is 4.90 Å². The number of nitrogens with zero attached hydrogens (tertiary/aromatic N) is 1. The van der Waals surface area contributed by atoms with Gasteiger partial charge in [0.15, 0.2) is 0 Å². The van der Waals surface area contributed by atoms with Crippen molar-refractivity contribution in [3.63, 3.8) is 0 Å². The molecule has 1 aromatic carbocycles. The van der Waals surface area contributed by atoms with Crippen molar-refractivity contribution in [2.75, 3.05) is 11.9 Å². The van der Waals surface area contributed by atoms with E-state index in [2.05, 4.69) is 15.9 Å². The minimum Gasteiger partial charge on any atom is -0.268 e. The normalized spacial score (nSPS) is 19.0. The standard InChI is InChI=1S/C14H18BrNO3S/c1-14(2,3)10(8-15)9-16-13(17)11-6-4-5-7-12(11)20(16,18)19/h4-7,10H,8-9H2,1-3H3. The molecule has 1 aliphatic rings. The topological polar surface area (TPSA) is 54.5 Å². The molecule has 1 atom stereocenters. The highest BCUT2D eigenvalue weighted by molar-refractivity contribution is 9.09. The Hall–Kier alpha value is -0.880. The summed E-state index contributed by atoms with van der Waals surface area (Å²) in [5, 5.41) is 0.645. The van der Waals surface area contributed by atoms with E-state index in [1.807, 2.05) is 20.8 Å². The third-order valence-electron chi connectivity index (χ3n) is 3.71. The molecule has 20 heavy (non-hydrogen) atoms. The molecule has 0 bridgehead atoms. The summed E-state index contributed by atoms with van der Waals surface area (Å²) in [4.78, 5) is 12.4. The average Bonchev–Trinajstić information content (AvgIpc) is 2.55. The number of fused-ring (bicyclic) bond motifs is 1. The van der Waals surface area contributed by atoms with E-state index in [-0.39, 0.29) is 28.3 Å². The van der Waals surface area contributed by atoms with Crippen molar-refractivity contribution in [2.24, 2.45) is 11.3 Å². The summed E-state index contributed by atoms with van der Waals surface area (Å²) >= 11 is 3.42. The molecule has 4 nitrogen and oxygen atoms in total. The van der Waals surface area contributed by atoms with Gasteiger partial charge in [-0.2, -0.15) is 0 Å². The second-order valence-corrected chi connectivity index (χ2v) is 8.53. The number of amides is 1. The Morgan fingerprint density at radius 3 is 2.35 bits per heavy atom. The van der Waals surface area contributed by atoms with Crippen LogP contribution in [0.4, 0.5) is 0 Å². The molecule has 0 N–H and O–H groups in total. The van der Waals surface area contributed by atoms with Gasteiger partial charge in [0.05, 0.1) is 5.56 Å². The van der Waals surface area contributed by atoms with E-state index in [1.165, 1.54) is 6.07 Å². The SMILES string of the molecule is CC(C)(C)C(CBr)CN1C(=O)c2ccccc2S1(=O)=O. The molecule has 1 aliphatic heterocycles. The van der Waals surface area contributed by atoms with Gasteiger partial charge in [-0.1, -0.05) is 48.8 Å². The van der Waals surface area contributed by atoms with Crippen molar-refractivity contribution >= 4 is 31.9 Å². The molecule has 110 valence electrons. The number of benzene rings is 1. The second kappa shape index (κ2) is 5.15. The minimum atomic E-state index is -3.70. The Labute approximate surface area is 128 Å². The highest BCUT2D eigenvalue weighted by atomic mass is 79.9. The molecular weight excluding hydrogens is 342 g/mol. The highest BCUT2D eigenvalue weighted by Crippen LogP contribution is 2.34. The fourth-order valence-corrected chi connectivity index (χ4v) is 4.96. The Kier molecular flexibility index (Phi) is 3.99. The van der Waals surface area contributed by atoms with Gasteiger partial charge in [0, 0.05) is 11.9 Å². The van der Waals surface area contributed by atoms with E-state index in [9.17, 15) is 13.2 Å². The number of alkyl halides is 1. The summed E-state index contributed by atoms with van der Waals surface area (Å²) in [5.41, 5.74) is 0.184. The number of rotatable bonds is 3. The first-order chi connectivity index (χ1) is 9.19. The molecule has 0 aliphatic carbocycles. The van der Waals surface area contributed by atoms with Gasteiger partial charge in [-0.05, 0) is 23.5 Å². The Morgan fingerprint density at radius 2 is 1.85 bits per heavy atom. The molecule has 0 aromatic heterocycles.